The molecule has 0 aliphatic carbocycles. The first kappa shape index (κ1) is 17.1. The van der Waals surface area contributed by atoms with Gasteiger partial charge in [-0.15, -0.1) is 0 Å². The van der Waals surface area contributed by atoms with E-state index in [9.17, 15) is 0 Å². The molecule has 0 spiro atoms. The number of hydrogen-bond acceptors (Lipinski definition) is 1. The lowest BCUT2D eigenvalue weighted by molar-refractivity contribution is 0.304. The second-order valence-corrected chi connectivity index (χ2v) is 5.83. The van der Waals surface area contributed by atoms with Crippen molar-refractivity contribution in [2.45, 2.75) is 78.6 Å². The Kier molecular flexibility index (Phi) is 9.19. The van der Waals surface area contributed by atoms with Crippen LogP contribution in [0.2, 0.25) is 0 Å². The molecule has 0 unspecified atom stereocenters. The SMILES string of the molecule is CCCCCCCCCCOc1cc(C)cc(CC)c1. The third-order valence-electron chi connectivity index (χ3n) is 3.79. The predicted octanol–water partition coefficient (Wildman–Crippen LogP) is 6.08. The van der Waals surface area contributed by atoms with Crippen molar-refractivity contribution in [3.8, 4) is 5.75 Å². The highest BCUT2D eigenvalue weighted by atomic mass is 16.5. The standard InChI is InChI=1S/C19H32O/c1-4-6-7-8-9-10-11-12-13-20-19-15-17(3)14-18(5-2)16-19/h14-16H,4-13H2,1-3H3. The van der Waals surface area contributed by atoms with Crippen molar-refractivity contribution in [1.82, 2.24) is 0 Å². The van der Waals surface area contributed by atoms with Crippen molar-refractivity contribution >= 4 is 0 Å². The lowest BCUT2D eigenvalue weighted by Crippen LogP contribution is -1.98. The molecule has 0 heterocycles. The van der Waals surface area contributed by atoms with Crippen LogP contribution in [0.3, 0.4) is 0 Å². The molecule has 0 aliphatic rings. The van der Waals surface area contributed by atoms with Gasteiger partial charge in [-0.2, -0.15) is 0 Å². The zero-order chi connectivity index (χ0) is 14.6. The van der Waals surface area contributed by atoms with Crippen molar-refractivity contribution in [2.24, 2.45) is 0 Å². The molecule has 1 rings (SSSR count). The molecular weight excluding hydrogens is 244 g/mol. The molecule has 1 aromatic carbocycles. The number of ether oxygens (including phenoxy) is 1. The van der Waals surface area contributed by atoms with Crippen LogP contribution in [0.15, 0.2) is 18.2 Å². The second-order valence-electron chi connectivity index (χ2n) is 5.83. The first-order valence-electron chi connectivity index (χ1n) is 8.49. The van der Waals surface area contributed by atoms with Crippen molar-refractivity contribution < 1.29 is 4.74 Å². The minimum atomic E-state index is 0.863. The van der Waals surface area contributed by atoms with E-state index >= 15 is 0 Å². The van der Waals surface area contributed by atoms with Gasteiger partial charge in [0.15, 0.2) is 0 Å². The first-order chi connectivity index (χ1) is 9.76. The number of unbranched alkanes of at least 4 members (excludes halogenated alkanes) is 7. The maximum Gasteiger partial charge on any atom is 0.119 e. The van der Waals surface area contributed by atoms with Crippen LogP contribution in [0.25, 0.3) is 0 Å². The molecule has 0 aromatic heterocycles. The number of rotatable bonds is 11. The van der Waals surface area contributed by atoms with Gasteiger partial charge in [0.05, 0.1) is 6.61 Å². The monoisotopic (exact) mass is 276 g/mol. The minimum Gasteiger partial charge on any atom is -0.494 e. The molecule has 114 valence electrons. The van der Waals surface area contributed by atoms with Gasteiger partial charge < -0.3 is 4.74 Å². The van der Waals surface area contributed by atoms with Crippen LogP contribution in [0, 0.1) is 6.92 Å². The molecule has 1 nitrogen and oxygen atoms in total. The fraction of sp³-hybridized carbons (Fsp3) is 0.684. The van der Waals surface area contributed by atoms with E-state index < -0.39 is 0 Å². The van der Waals surface area contributed by atoms with Gasteiger partial charge in [-0.1, -0.05) is 64.9 Å². The summed E-state index contributed by atoms with van der Waals surface area (Å²) >= 11 is 0. The summed E-state index contributed by atoms with van der Waals surface area (Å²) in [6.07, 6.45) is 11.9. The van der Waals surface area contributed by atoms with Gasteiger partial charge in [0.1, 0.15) is 5.75 Å². The first-order valence-corrected chi connectivity index (χ1v) is 8.49. The third kappa shape index (κ3) is 7.57. The van der Waals surface area contributed by atoms with E-state index in [2.05, 4.69) is 39.0 Å². The molecule has 0 N–H and O–H groups in total. The summed E-state index contributed by atoms with van der Waals surface area (Å²) in [5.74, 6) is 1.05. The topological polar surface area (TPSA) is 9.23 Å². The summed E-state index contributed by atoms with van der Waals surface area (Å²) in [6, 6.07) is 6.56. The molecule has 0 aliphatic heterocycles. The molecule has 0 amide bonds. The van der Waals surface area contributed by atoms with Crippen LogP contribution >= 0.6 is 0 Å². The summed E-state index contributed by atoms with van der Waals surface area (Å²) in [6.45, 7) is 7.47. The molecular formula is C19H32O. The van der Waals surface area contributed by atoms with E-state index in [0.717, 1.165) is 18.8 Å². The Bertz CT molecular complexity index is 357. The van der Waals surface area contributed by atoms with Crippen LogP contribution in [0.5, 0.6) is 5.75 Å². The Morgan fingerprint density at radius 2 is 1.45 bits per heavy atom. The molecule has 0 saturated carbocycles. The summed E-state index contributed by atoms with van der Waals surface area (Å²) in [7, 11) is 0. The quantitative estimate of drug-likeness (QED) is 0.445. The number of benzene rings is 1. The van der Waals surface area contributed by atoms with Crippen LogP contribution in [0.1, 0.15) is 76.3 Å². The zero-order valence-electron chi connectivity index (χ0n) is 13.7. The zero-order valence-corrected chi connectivity index (χ0v) is 13.7. The van der Waals surface area contributed by atoms with Crippen molar-refractivity contribution in [3.63, 3.8) is 0 Å². The predicted molar refractivity (Wildman–Crippen MR) is 88.7 cm³/mol. The Labute approximate surface area is 125 Å². The molecule has 1 aromatic rings. The highest BCUT2D eigenvalue weighted by molar-refractivity contribution is 5.33. The van der Waals surface area contributed by atoms with E-state index in [1.54, 1.807) is 0 Å². The average Bonchev–Trinajstić information content (AvgIpc) is 2.45. The van der Waals surface area contributed by atoms with Crippen LogP contribution in [0.4, 0.5) is 0 Å². The highest BCUT2D eigenvalue weighted by Gasteiger charge is 1.99. The smallest absolute Gasteiger partial charge is 0.119 e. The molecule has 20 heavy (non-hydrogen) atoms. The third-order valence-corrected chi connectivity index (χ3v) is 3.79. The van der Waals surface area contributed by atoms with Gasteiger partial charge in [-0.25, -0.2) is 0 Å². The van der Waals surface area contributed by atoms with Gasteiger partial charge in [0.25, 0.3) is 0 Å². The van der Waals surface area contributed by atoms with Crippen molar-refractivity contribution in [1.29, 1.82) is 0 Å². The molecule has 0 bridgehead atoms. The second kappa shape index (κ2) is 10.8. The summed E-state index contributed by atoms with van der Waals surface area (Å²) < 4.78 is 5.87. The maximum absolute atomic E-state index is 5.87. The normalized spacial score (nSPS) is 10.8. The lowest BCUT2D eigenvalue weighted by atomic mass is 10.1. The Morgan fingerprint density at radius 3 is 2.10 bits per heavy atom. The van der Waals surface area contributed by atoms with Gasteiger partial charge in [0.2, 0.25) is 0 Å². The van der Waals surface area contributed by atoms with E-state index in [-0.39, 0.29) is 0 Å². The molecule has 0 saturated heterocycles. The average molecular weight is 276 g/mol. The van der Waals surface area contributed by atoms with E-state index in [1.165, 1.54) is 62.5 Å². The summed E-state index contributed by atoms with van der Waals surface area (Å²) in [4.78, 5) is 0. The highest BCUT2D eigenvalue weighted by Crippen LogP contribution is 2.18. The fourth-order valence-corrected chi connectivity index (χ4v) is 2.54. The lowest BCUT2D eigenvalue weighted by Gasteiger charge is -2.09. The van der Waals surface area contributed by atoms with Gasteiger partial charge in [-0.3, -0.25) is 0 Å². The molecule has 1 heteroatoms. The van der Waals surface area contributed by atoms with Crippen LogP contribution in [-0.2, 0) is 6.42 Å². The van der Waals surface area contributed by atoms with E-state index in [4.69, 9.17) is 4.74 Å². The van der Waals surface area contributed by atoms with Crippen molar-refractivity contribution in [3.05, 3.63) is 29.3 Å². The molecule has 0 fully saturated rings. The Balaban J connectivity index is 2.08. The number of aryl methyl sites for hydroxylation is 2. The van der Waals surface area contributed by atoms with Gasteiger partial charge in [-0.05, 0) is 43.0 Å². The van der Waals surface area contributed by atoms with Gasteiger partial charge in [0, 0.05) is 0 Å². The Hall–Kier alpha value is -0.980. The minimum absolute atomic E-state index is 0.863. The molecule has 0 radical (unpaired) electrons. The maximum atomic E-state index is 5.87. The number of hydrogen-bond donors (Lipinski definition) is 0. The summed E-state index contributed by atoms with van der Waals surface area (Å²) in [5.41, 5.74) is 2.67. The van der Waals surface area contributed by atoms with E-state index in [0.29, 0.717) is 0 Å². The van der Waals surface area contributed by atoms with Crippen LogP contribution in [-0.4, -0.2) is 6.61 Å². The van der Waals surface area contributed by atoms with E-state index in [1.807, 2.05) is 0 Å². The molecule has 0 atom stereocenters. The van der Waals surface area contributed by atoms with Gasteiger partial charge >= 0.3 is 0 Å². The summed E-state index contributed by atoms with van der Waals surface area (Å²) in [5, 5.41) is 0. The largest absolute Gasteiger partial charge is 0.494 e. The van der Waals surface area contributed by atoms with Crippen LogP contribution < -0.4 is 4.74 Å². The van der Waals surface area contributed by atoms with Crippen molar-refractivity contribution in [2.75, 3.05) is 6.61 Å². The fourth-order valence-electron chi connectivity index (χ4n) is 2.54. The Morgan fingerprint density at radius 1 is 0.800 bits per heavy atom.